The van der Waals surface area contributed by atoms with Gasteiger partial charge in [0.05, 0.1) is 11.9 Å². The fourth-order valence-electron chi connectivity index (χ4n) is 3.23. The second-order valence-electron chi connectivity index (χ2n) is 6.70. The number of nitrogens with zero attached hydrogens (tertiary/aromatic N) is 1. The number of benzene rings is 2. The van der Waals surface area contributed by atoms with E-state index in [1.165, 1.54) is 12.1 Å². The number of carbonyl (C=O) groups excluding carboxylic acids is 1. The quantitative estimate of drug-likeness (QED) is 0.655. The van der Waals surface area contributed by atoms with Gasteiger partial charge in [-0.25, -0.2) is 4.39 Å². The van der Waals surface area contributed by atoms with Crippen molar-refractivity contribution in [1.29, 1.82) is 0 Å². The van der Waals surface area contributed by atoms with Crippen molar-refractivity contribution < 1.29 is 22.4 Å². The highest BCUT2D eigenvalue weighted by Gasteiger charge is 2.35. The van der Waals surface area contributed by atoms with Crippen LogP contribution < -0.4 is 10.7 Å². The minimum absolute atomic E-state index is 0.0765. The van der Waals surface area contributed by atoms with E-state index >= 15 is 0 Å². The molecule has 0 aliphatic rings. The molecule has 4 nitrogen and oxygen atoms in total. The number of para-hydroxylation sites is 1. The van der Waals surface area contributed by atoms with Crippen molar-refractivity contribution in [1.82, 2.24) is 9.88 Å². The number of aromatic nitrogens is 1. The molecule has 29 heavy (non-hydrogen) atoms. The first kappa shape index (κ1) is 20.6. The molecule has 3 rings (SSSR count). The maximum Gasteiger partial charge on any atom is 0.431 e. The Morgan fingerprint density at radius 3 is 2.52 bits per heavy atom. The van der Waals surface area contributed by atoms with Crippen LogP contribution >= 0.6 is 0 Å². The van der Waals surface area contributed by atoms with Crippen LogP contribution in [0.3, 0.4) is 0 Å². The highest BCUT2D eigenvalue weighted by molar-refractivity contribution is 5.80. The van der Waals surface area contributed by atoms with Crippen molar-refractivity contribution in [2.75, 3.05) is 6.54 Å². The van der Waals surface area contributed by atoms with Gasteiger partial charge in [0.15, 0.2) is 5.43 Å². The van der Waals surface area contributed by atoms with E-state index in [-0.39, 0.29) is 30.8 Å². The molecule has 1 amide bonds. The van der Waals surface area contributed by atoms with Crippen LogP contribution in [-0.2, 0) is 23.9 Å². The molecule has 0 saturated carbocycles. The van der Waals surface area contributed by atoms with E-state index in [1.54, 1.807) is 6.07 Å². The van der Waals surface area contributed by atoms with E-state index in [0.717, 1.165) is 17.2 Å². The molecule has 0 unspecified atom stereocenters. The molecule has 1 aromatic heterocycles. The van der Waals surface area contributed by atoms with Gasteiger partial charge < -0.3 is 9.88 Å². The predicted octanol–water partition coefficient (Wildman–Crippen LogP) is 3.83. The number of halogens is 4. The first-order valence-corrected chi connectivity index (χ1v) is 8.88. The fraction of sp³-hybridized carbons (Fsp3) is 0.238. The Kier molecular flexibility index (Phi) is 5.72. The molecule has 0 spiro atoms. The summed E-state index contributed by atoms with van der Waals surface area (Å²) in [6, 6.07) is 11.3. The third-order valence-electron chi connectivity index (χ3n) is 4.48. The first-order valence-electron chi connectivity index (χ1n) is 8.88. The maximum absolute atomic E-state index is 14.3. The van der Waals surface area contributed by atoms with Crippen molar-refractivity contribution in [3.05, 3.63) is 81.4 Å². The lowest BCUT2D eigenvalue weighted by molar-refractivity contribution is -0.143. The van der Waals surface area contributed by atoms with Gasteiger partial charge in [-0.1, -0.05) is 35.9 Å². The van der Waals surface area contributed by atoms with Gasteiger partial charge in [0, 0.05) is 24.5 Å². The van der Waals surface area contributed by atoms with Gasteiger partial charge in [-0.15, -0.1) is 0 Å². The Bertz CT molecular complexity index is 1120. The zero-order valence-electron chi connectivity index (χ0n) is 15.5. The average Bonchev–Trinajstić information content (AvgIpc) is 2.62. The van der Waals surface area contributed by atoms with Gasteiger partial charge in [-0.2, -0.15) is 13.2 Å². The summed E-state index contributed by atoms with van der Waals surface area (Å²) in [7, 11) is 0. The van der Waals surface area contributed by atoms with Crippen LogP contribution in [0.25, 0.3) is 10.9 Å². The minimum atomic E-state index is -4.85. The van der Waals surface area contributed by atoms with Gasteiger partial charge >= 0.3 is 6.18 Å². The first-order chi connectivity index (χ1) is 13.7. The molecular formula is C21H18F4N2O2. The van der Waals surface area contributed by atoms with Gasteiger partial charge in [-0.05, 0) is 24.6 Å². The second kappa shape index (κ2) is 8.06. The van der Waals surface area contributed by atoms with Crippen molar-refractivity contribution in [2.45, 2.75) is 26.1 Å². The van der Waals surface area contributed by atoms with Crippen LogP contribution in [0.15, 0.2) is 53.3 Å². The summed E-state index contributed by atoms with van der Waals surface area (Å²) in [6.45, 7) is 1.39. The molecule has 2 aromatic carbocycles. The molecule has 8 heteroatoms. The van der Waals surface area contributed by atoms with Crippen molar-refractivity contribution in [3.63, 3.8) is 0 Å². The number of hydrogen-bond acceptors (Lipinski definition) is 2. The highest BCUT2D eigenvalue weighted by Crippen LogP contribution is 2.31. The molecule has 0 fully saturated rings. The van der Waals surface area contributed by atoms with Gasteiger partial charge in [0.25, 0.3) is 0 Å². The number of carbonyl (C=O) groups is 1. The number of fused-ring (bicyclic) bond motifs is 1. The largest absolute Gasteiger partial charge is 0.431 e. The van der Waals surface area contributed by atoms with Crippen molar-refractivity contribution in [2.24, 2.45) is 0 Å². The normalized spacial score (nSPS) is 11.6. The molecular weight excluding hydrogens is 388 g/mol. The van der Waals surface area contributed by atoms with E-state index < -0.39 is 28.6 Å². The molecule has 0 bridgehead atoms. The summed E-state index contributed by atoms with van der Waals surface area (Å²) in [5.74, 6) is -1.30. The monoisotopic (exact) mass is 406 g/mol. The van der Waals surface area contributed by atoms with E-state index in [0.29, 0.717) is 10.6 Å². The summed E-state index contributed by atoms with van der Waals surface area (Å²) in [6.07, 6.45) is -4.77. The smallest absolute Gasteiger partial charge is 0.354 e. The number of nitrogens with one attached hydrogen (secondary N) is 1. The molecule has 1 heterocycles. The molecule has 152 valence electrons. The lowest BCUT2D eigenvalue weighted by atomic mass is 10.1. The lowest BCUT2D eigenvalue weighted by Gasteiger charge is -2.19. The topological polar surface area (TPSA) is 51.1 Å². The van der Waals surface area contributed by atoms with Crippen LogP contribution in [0.2, 0.25) is 0 Å². The molecule has 0 atom stereocenters. The van der Waals surface area contributed by atoms with Gasteiger partial charge in [0.2, 0.25) is 5.91 Å². The zero-order chi connectivity index (χ0) is 21.2. The van der Waals surface area contributed by atoms with Crippen LogP contribution in [0.5, 0.6) is 0 Å². The number of aryl methyl sites for hydroxylation is 1. The van der Waals surface area contributed by atoms with E-state index in [4.69, 9.17) is 0 Å². The number of alkyl halides is 3. The number of amides is 1. The SMILES string of the molecule is Cc1cccc(CC(=O)NCCn2c(C(F)(F)F)cc(=O)c3cccc(F)c32)c1. The summed E-state index contributed by atoms with van der Waals surface area (Å²) >= 11 is 0. The van der Waals surface area contributed by atoms with Crippen LogP contribution in [0, 0.1) is 12.7 Å². The number of hydrogen-bond donors (Lipinski definition) is 1. The molecule has 3 aromatic rings. The molecule has 0 aliphatic heterocycles. The molecule has 0 aliphatic carbocycles. The fourth-order valence-corrected chi connectivity index (χ4v) is 3.23. The summed E-state index contributed by atoms with van der Waals surface area (Å²) in [4.78, 5) is 24.1. The number of rotatable bonds is 5. The second-order valence-corrected chi connectivity index (χ2v) is 6.70. The van der Waals surface area contributed by atoms with Crippen LogP contribution in [0.1, 0.15) is 16.8 Å². The summed E-state index contributed by atoms with van der Waals surface area (Å²) < 4.78 is 55.3. The highest BCUT2D eigenvalue weighted by atomic mass is 19.4. The van der Waals surface area contributed by atoms with Crippen LogP contribution in [-0.4, -0.2) is 17.0 Å². The Morgan fingerprint density at radius 2 is 1.83 bits per heavy atom. The third kappa shape index (κ3) is 4.64. The Labute approximate surface area is 163 Å². The standard InChI is InChI=1S/C21H18F4N2O2/c1-13-4-2-5-14(10-13)11-19(29)26-8-9-27-18(21(23,24)25)12-17(28)15-6-3-7-16(22)20(15)27/h2-7,10,12H,8-9,11H2,1H3,(H,26,29). The predicted molar refractivity (Wildman–Crippen MR) is 101 cm³/mol. The molecule has 1 N–H and O–H groups in total. The number of pyridine rings is 1. The summed E-state index contributed by atoms with van der Waals surface area (Å²) in [5, 5.41) is 2.40. The zero-order valence-corrected chi connectivity index (χ0v) is 15.5. The third-order valence-corrected chi connectivity index (χ3v) is 4.48. The van der Waals surface area contributed by atoms with E-state index in [9.17, 15) is 27.2 Å². The van der Waals surface area contributed by atoms with Gasteiger partial charge in [-0.3, -0.25) is 9.59 Å². The molecule has 0 radical (unpaired) electrons. The average molecular weight is 406 g/mol. The Hall–Kier alpha value is -3.16. The van der Waals surface area contributed by atoms with Crippen molar-refractivity contribution >= 4 is 16.8 Å². The van der Waals surface area contributed by atoms with Crippen molar-refractivity contribution in [3.8, 4) is 0 Å². The maximum atomic E-state index is 14.3. The Balaban J connectivity index is 1.84. The lowest BCUT2D eigenvalue weighted by Crippen LogP contribution is -2.31. The van der Waals surface area contributed by atoms with Gasteiger partial charge in [0.1, 0.15) is 11.5 Å². The molecule has 0 saturated heterocycles. The Morgan fingerprint density at radius 1 is 1.10 bits per heavy atom. The summed E-state index contributed by atoms with van der Waals surface area (Å²) in [5.41, 5.74) is -0.835. The van der Waals surface area contributed by atoms with E-state index in [1.807, 2.05) is 25.1 Å². The minimum Gasteiger partial charge on any atom is -0.354 e. The van der Waals surface area contributed by atoms with E-state index in [2.05, 4.69) is 5.32 Å². The van der Waals surface area contributed by atoms with Crippen LogP contribution in [0.4, 0.5) is 17.6 Å².